The first-order chi connectivity index (χ1) is 12.3. The summed E-state index contributed by atoms with van der Waals surface area (Å²) in [6, 6.07) is 14.7. The summed E-state index contributed by atoms with van der Waals surface area (Å²) in [5, 5.41) is 2.34. The zero-order valence-electron chi connectivity index (χ0n) is 16.1. The summed E-state index contributed by atoms with van der Waals surface area (Å²) in [6.45, 7) is 11.1. The van der Waals surface area contributed by atoms with Crippen molar-refractivity contribution < 1.29 is 4.43 Å². The molecule has 0 aliphatic carbocycles. The molecule has 3 radical (unpaired) electrons. The first-order valence-corrected chi connectivity index (χ1v) is 9.33. The molecule has 4 heteroatoms. The molecule has 133 valence electrons. The van der Waals surface area contributed by atoms with Gasteiger partial charge in [0.25, 0.3) is 0 Å². The van der Waals surface area contributed by atoms with Gasteiger partial charge in [0.1, 0.15) is 0 Å². The first kappa shape index (κ1) is 18.7. The smallest absolute Gasteiger partial charge is 0.247 e. The zero-order valence-corrected chi connectivity index (χ0v) is 17.1. The van der Waals surface area contributed by atoms with E-state index in [4.69, 9.17) is 4.43 Å². The van der Waals surface area contributed by atoms with E-state index in [9.17, 15) is 0 Å². The van der Waals surface area contributed by atoms with Gasteiger partial charge in [0.05, 0.1) is 5.60 Å². The average molecular weight is 362 g/mol. The molecule has 0 bridgehead atoms. The number of nitrogens with zero attached hydrogens (tertiary/aromatic N) is 2. The first-order valence-electron chi connectivity index (χ1n) is 8.92. The van der Waals surface area contributed by atoms with Crippen LogP contribution < -0.4 is 0 Å². The second-order valence-corrected chi connectivity index (χ2v) is 8.35. The molecule has 1 heterocycles. The lowest BCUT2D eigenvalue weighted by atomic mass is 9.69. The third kappa shape index (κ3) is 3.44. The van der Waals surface area contributed by atoms with Gasteiger partial charge in [-0.2, -0.15) is 0 Å². The maximum absolute atomic E-state index is 5.84. The molecule has 2 aromatic carbocycles. The van der Waals surface area contributed by atoms with Gasteiger partial charge in [-0.05, 0) is 52.8 Å². The van der Waals surface area contributed by atoms with E-state index in [1.807, 2.05) is 6.07 Å². The highest BCUT2D eigenvalue weighted by atomic mass is 28.2. The Morgan fingerprint density at radius 3 is 2.15 bits per heavy atom. The van der Waals surface area contributed by atoms with Crippen molar-refractivity contribution in [3.8, 4) is 11.4 Å². The van der Waals surface area contributed by atoms with E-state index in [-0.39, 0.29) is 5.41 Å². The topological polar surface area (TPSA) is 35.0 Å². The zero-order chi connectivity index (χ0) is 18.9. The van der Waals surface area contributed by atoms with E-state index in [0.717, 1.165) is 17.0 Å². The molecule has 3 aromatic rings. The third-order valence-electron chi connectivity index (χ3n) is 5.57. The molecule has 3 nitrogen and oxygen atoms in total. The number of rotatable bonds is 4. The van der Waals surface area contributed by atoms with Crippen LogP contribution in [0, 0.1) is 11.3 Å². The van der Waals surface area contributed by atoms with Gasteiger partial charge in [-0.25, -0.2) is 9.97 Å². The van der Waals surface area contributed by atoms with Crippen LogP contribution in [0.25, 0.3) is 22.2 Å². The number of aromatic nitrogens is 2. The summed E-state index contributed by atoms with van der Waals surface area (Å²) < 4.78 is 5.84. The Labute approximate surface area is 159 Å². The van der Waals surface area contributed by atoms with Gasteiger partial charge in [0, 0.05) is 18.0 Å². The van der Waals surface area contributed by atoms with E-state index >= 15 is 0 Å². The summed E-state index contributed by atoms with van der Waals surface area (Å²) in [4.78, 5) is 8.68. The van der Waals surface area contributed by atoms with Crippen LogP contribution >= 0.6 is 0 Å². The quantitative estimate of drug-likeness (QED) is 0.592. The highest BCUT2D eigenvalue weighted by molar-refractivity contribution is 5.98. The Hall–Kier alpha value is -2.04. The minimum atomic E-state index is -0.426. The van der Waals surface area contributed by atoms with Crippen LogP contribution in [0.2, 0.25) is 0 Å². The number of benzene rings is 2. The van der Waals surface area contributed by atoms with Gasteiger partial charge in [0.2, 0.25) is 10.5 Å². The minimum absolute atomic E-state index is 0.116. The van der Waals surface area contributed by atoms with Gasteiger partial charge >= 0.3 is 0 Å². The molecule has 0 saturated carbocycles. The van der Waals surface area contributed by atoms with Crippen LogP contribution in [0.4, 0.5) is 0 Å². The Bertz CT molecular complexity index is 905. The predicted octanol–water partition coefficient (Wildman–Crippen LogP) is 5.29. The van der Waals surface area contributed by atoms with Crippen LogP contribution in [0.5, 0.6) is 0 Å². The summed E-state index contributed by atoms with van der Waals surface area (Å²) in [6.07, 6.45) is 3.53. The van der Waals surface area contributed by atoms with Crippen molar-refractivity contribution in [1.29, 1.82) is 0 Å². The Balaban J connectivity index is 2.04. The molecule has 2 atom stereocenters. The third-order valence-corrected chi connectivity index (χ3v) is 6.00. The molecule has 0 aliphatic heterocycles. The van der Waals surface area contributed by atoms with E-state index in [0.29, 0.717) is 5.92 Å². The molecular weight excluding hydrogens is 336 g/mol. The molecule has 2 unspecified atom stereocenters. The van der Waals surface area contributed by atoms with Crippen LogP contribution in [0.1, 0.15) is 40.2 Å². The second-order valence-electron chi connectivity index (χ2n) is 8.15. The second kappa shape index (κ2) is 6.93. The van der Waals surface area contributed by atoms with Crippen LogP contribution in [0.3, 0.4) is 0 Å². The predicted molar refractivity (Wildman–Crippen MR) is 108 cm³/mol. The lowest BCUT2D eigenvalue weighted by Gasteiger charge is -2.43. The van der Waals surface area contributed by atoms with Crippen molar-refractivity contribution in [2.24, 2.45) is 11.3 Å². The molecule has 0 spiro atoms. The van der Waals surface area contributed by atoms with Crippen molar-refractivity contribution in [3.63, 3.8) is 0 Å². The molecule has 0 N–H and O–H groups in total. The van der Waals surface area contributed by atoms with Gasteiger partial charge in [-0.15, -0.1) is 0 Å². The SMILES string of the molecule is CC(C(C)(C)C)C(C)(O[Si])c1ccc2cc(-c3ncccn3)ccc2c1. The van der Waals surface area contributed by atoms with Gasteiger partial charge < -0.3 is 4.43 Å². The highest BCUT2D eigenvalue weighted by Crippen LogP contribution is 2.43. The fraction of sp³-hybridized carbons (Fsp3) is 0.364. The number of fused-ring (bicyclic) bond motifs is 1. The normalized spacial score (nSPS) is 15.6. The van der Waals surface area contributed by atoms with Gasteiger partial charge in [-0.3, -0.25) is 0 Å². The number of hydrogen-bond donors (Lipinski definition) is 0. The Morgan fingerprint density at radius 2 is 1.54 bits per heavy atom. The lowest BCUT2D eigenvalue weighted by molar-refractivity contribution is -0.0147. The largest absolute Gasteiger partial charge is 0.409 e. The summed E-state index contributed by atoms with van der Waals surface area (Å²) >= 11 is 0. The minimum Gasteiger partial charge on any atom is -0.409 e. The molecule has 0 amide bonds. The van der Waals surface area contributed by atoms with Crippen molar-refractivity contribution >= 4 is 21.3 Å². The van der Waals surface area contributed by atoms with Crippen LogP contribution in [0.15, 0.2) is 54.9 Å². The molecule has 0 fully saturated rings. The molecule has 26 heavy (non-hydrogen) atoms. The monoisotopic (exact) mass is 361 g/mol. The summed E-state index contributed by atoms with van der Waals surface area (Å²) in [5.74, 6) is 1.05. The maximum atomic E-state index is 5.84. The fourth-order valence-corrected chi connectivity index (χ4v) is 3.66. The van der Waals surface area contributed by atoms with E-state index in [1.54, 1.807) is 12.4 Å². The van der Waals surface area contributed by atoms with Crippen molar-refractivity contribution in [1.82, 2.24) is 9.97 Å². The Kier molecular flexibility index (Phi) is 5.00. The number of hydrogen-bond acceptors (Lipinski definition) is 3. The Morgan fingerprint density at radius 1 is 0.923 bits per heavy atom. The van der Waals surface area contributed by atoms with Crippen molar-refractivity contribution in [2.45, 2.75) is 40.2 Å². The average Bonchev–Trinajstić information content (AvgIpc) is 2.66. The van der Waals surface area contributed by atoms with Gasteiger partial charge in [-0.1, -0.05) is 52.0 Å². The van der Waals surface area contributed by atoms with Gasteiger partial charge in [0.15, 0.2) is 5.82 Å². The van der Waals surface area contributed by atoms with Crippen LogP contribution in [-0.2, 0) is 10.0 Å². The molecule has 0 saturated heterocycles. The van der Waals surface area contributed by atoms with E-state index in [2.05, 4.69) is 91.5 Å². The van der Waals surface area contributed by atoms with E-state index < -0.39 is 5.60 Å². The van der Waals surface area contributed by atoms with Crippen LogP contribution in [-0.4, -0.2) is 20.5 Å². The fourth-order valence-electron chi connectivity index (χ4n) is 3.37. The summed E-state index contributed by atoms with van der Waals surface area (Å²) in [5.41, 5.74) is 1.87. The summed E-state index contributed by atoms with van der Waals surface area (Å²) in [7, 11) is 3.35. The standard InChI is InChI=1S/C22H25N2OSi/c1-15(21(2,3)4)22(5,25-26)19-10-9-16-13-18(8-7-17(16)14-19)20-23-11-6-12-24-20/h6-15H,1-5H3. The molecule has 3 rings (SSSR count). The maximum Gasteiger partial charge on any atom is 0.247 e. The van der Waals surface area contributed by atoms with Crippen molar-refractivity contribution in [3.05, 3.63) is 60.4 Å². The highest BCUT2D eigenvalue weighted by Gasteiger charge is 2.39. The molecule has 1 aromatic heterocycles. The van der Waals surface area contributed by atoms with Crippen molar-refractivity contribution in [2.75, 3.05) is 0 Å². The molecular formula is C22H25N2OSi. The molecule has 0 aliphatic rings. The van der Waals surface area contributed by atoms with E-state index in [1.165, 1.54) is 10.8 Å². The lowest BCUT2D eigenvalue weighted by Crippen LogP contribution is -2.40.